The van der Waals surface area contributed by atoms with E-state index in [4.69, 9.17) is 9.47 Å². The number of aliphatic hydroxyl groups excluding tert-OH is 1. The standard InChI is InChI=1S/C21H23FN2O3/c22-15-4-5-16-14(12-15)13-18(20(16)25)24-8-6-23(7-9-24)17-2-1-3-19-21(17)27-11-10-26-19/h1-5,12,18,20,25H,6-11,13H2. The van der Waals surface area contributed by atoms with Gasteiger partial charge in [-0.2, -0.15) is 0 Å². The average Bonchev–Trinajstić information content (AvgIpc) is 3.03. The van der Waals surface area contributed by atoms with Crippen molar-refractivity contribution < 1.29 is 19.0 Å². The minimum atomic E-state index is -0.548. The quantitative estimate of drug-likeness (QED) is 0.880. The molecule has 2 unspecified atom stereocenters. The van der Waals surface area contributed by atoms with Crippen LogP contribution in [0.3, 0.4) is 0 Å². The van der Waals surface area contributed by atoms with Crippen molar-refractivity contribution in [1.82, 2.24) is 4.90 Å². The number of fused-ring (bicyclic) bond motifs is 2. The smallest absolute Gasteiger partial charge is 0.184 e. The number of anilines is 1. The Morgan fingerprint density at radius 3 is 2.67 bits per heavy atom. The Kier molecular flexibility index (Phi) is 4.17. The molecule has 2 heterocycles. The van der Waals surface area contributed by atoms with E-state index in [1.807, 2.05) is 12.1 Å². The molecule has 1 aliphatic carbocycles. The summed E-state index contributed by atoms with van der Waals surface area (Å²) in [6.07, 6.45) is 0.153. The highest BCUT2D eigenvalue weighted by molar-refractivity contribution is 5.65. The zero-order chi connectivity index (χ0) is 18.4. The molecule has 142 valence electrons. The van der Waals surface area contributed by atoms with Crippen molar-refractivity contribution in [1.29, 1.82) is 0 Å². The molecule has 3 aliphatic rings. The van der Waals surface area contributed by atoms with Gasteiger partial charge in [-0.15, -0.1) is 0 Å². The Balaban J connectivity index is 1.29. The minimum absolute atomic E-state index is 0.0215. The van der Waals surface area contributed by atoms with Gasteiger partial charge in [0.2, 0.25) is 0 Å². The molecule has 0 aromatic heterocycles. The van der Waals surface area contributed by atoms with E-state index in [1.165, 1.54) is 6.07 Å². The lowest BCUT2D eigenvalue weighted by atomic mass is 10.1. The topological polar surface area (TPSA) is 45.2 Å². The normalized spacial score (nSPS) is 24.7. The van der Waals surface area contributed by atoms with Crippen LogP contribution in [-0.4, -0.2) is 55.4 Å². The maximum atomic E-state index is 13.5. The van der Waals surface area contributed by atoms with Gasteiger partial charge in [-0.05, 0) is 41.8 Å². The van der Waals surface area contributed by atoms with Gasteiger partial charge in [-0.1, -0.05) is 12.1 Å². The minimum Gasteiger partial charge on any atom is -0.486 e. The number of aliphatic hydroxyl groups is 1. The lowest BCUT2D eigenvalue weighted by molar-refractivity contribution is 0.0571. The number of hydrogen-bond acceptors (Lipinski definition) is 5. The van der Waals surface area contributed by atoms with E-state index in [1.54, 1.807) is 12.1 Å². The van der Waals surface area contributed by atoms with Gasteiger partial charge in [0.05, 0.1) is 11.8 Å². The highest BCUT2D eigenvalue weighted by Gasteiger charge is 2.37. The first-order chi connectivity index (χ1) is 13.2. The highest BCUT2D eigenvalue weighted by Crippen LogP contribution is 2.40. The number of benzene rings is 2. The summed E-state index contributed by atoms with van der Waals surface area (Å²) in [4.78, 5) is 4.64. The fourth-order valence-corrected chi connectivity index (χ4v) is 4.51. The van der Waals surface area contributed by atoms with E-state index in [2.05, 4.69) is 15.9 Å². The summed E-state index contributed by atoms with van der Waals surface area (Å²) in [7, 11) is 0. The van der Waals surface area contributed by atoms with Gasteiger partial charge >= 0.3 is 0 Å². The molecule has 0 saturated carbocycles. The van der Waals surface area contributed by atoms with Crippen LogP contribution >= 0.6 is 0 Å². The predicted octanol–water partition coefficient (Wildman–Crippen LogP) is 2.38. The molecule has 0 bridgehead atoms. The average molecular weight is 370 g/mol. The van der Waals surface area contributed by atoms with Gasteiger partial charge < -0.3 is 19.5 Å². The fourth-order valence-electron chi connectivity index (χ4n) is 4.51. The van der Waals surface area contributed by atoms with Crippen LogP contribution in [0.15, 0.2) is 36.4 Å². The summed E-state index contributed by atoms with van der Waals surface area (Å²) in [5.74, 6) is 1.41. The van der Waals surface area contributed by atoms with Crippen LogP contribution in [-0.2, 0) is 6.42 Å². The predicted molar refractivity (Wildman–Crippen MR) is 100 cm³/mol. The summed E-state index contributed by atoms with van der Waals surface area (Å²) >= 11 is 0. The summed E-state index contributed by atoms with van der Waals surface area (Å²) in [5, 5.41) is 10.7. The van der Waals surface area contributed by atoms with Crippen LogP contribution in [0, 0.1) is 5.82 Å². The van der Waals surface area contributed by atoms with Crippen molar-refractivity contribution in [3.8, 4) is 11.5 Å². The molecule has 2 aromatic rings. The lowest BCUT2D eigenvalue weighted by Crippen LogP contribution is -2.51. The number of rotatable bonds is 2. The van der Waals surface area contributed by atoms with Crippen LogP contribution in [0.4, 0.5) is 10.1 Å². The molecular weight excluding hydrogens is 347 g/mol. The number of para-hydroxylation sites is 1. The van der Waals surface area contributed by atoms with Gasteiger partial charge in [0.1, 0.15) is 19.0 Å². The Hall–Kier alpha value is -2.31. The van der Waals surface area contributed by atoms with Crippen LogP contribution in [0.5, 0.6) is 11.5 Å². The van der Waals surface area contributed by atoms with E-state index in [0.29, 0.717) is 19.6 Å². The third kappa shape index (κ3) is 2.93. The summed E-state index contributed by atoms with van der Waals surface area (Å²) in [5.41, 5.74) is 2.87. The zero-order valence-electron chi connectivity index (χ0n) is 15.1. The molecule has 5 rings (SSSR count). The van der Waals surface area contributed by atoms with Crippen molar-refractivity contribution in [3.63, 3.8) is 0 Å². The van der Waals surface area contributed by atoms with E-state index < -0.39 is 6.10 Å². The van der Waals surface area contributed by atoms with E-state index >= 15 is 0 Å². The largest absolute Gasteiger partial charge is 0.486 e. The Bertz CT molecular complexity index is 851. The Morgan fingerprint density at radius 1 is 1.00 bits per heavy atom. The maximum absolute atomic E-state index is 13.5. The number of nitrogens with zero attached hydrogens (tertiary/aromatic N) is 2. The molecule has 2 atom stereocenters. The van der Waals surface area contributed by atoms with Crippen molar-refractivity contribution in [3.05, 3.63) is 53.3 Å². The fraction of sp³-hybridized carbons (Fsp3) is 0.429. The highest BCUT2D eigenvalue weighted by atomic mass is 19.1. The van der Waals surface area contributed by atoms with Gasteiger partial charge in [0.25, 0.3) is 0 Å². The van der Waals surface area contributed by atoms with Gasteiger partial charge in [-0.25, -0.2) is 4.39 Å². The Labute approximate surface area is 157 Å². The number of ether oxygens (including phenoxy) is 2. The molecule has 1 N–H and O–H groups in total. The molecule has 1 saturated heterocycles. The zero-order valence-corrected chi connectivity index (χ0v) is 15.1. The van der Waals surface area contributed by atoms with Gasteiger partial charge in [-0.3, -0.25) is 4.90 Å². The first-order valence-electron chi connectivity index (χ1n) is 9.55. The van der Waals surface area contributed by atoms with Crippen molar-refractivity contribution in [2.75, 3.05) is 44.3 Å². The van der Waals surface area contributed by atoms with Crippen molar-refractivity contribution in [2.24, 2.45) is 0 Å². The SMILES string of the molecule is OC1c2ccc(F)cc2CC1N1CCN(c2cccc3c2OCCO3)CC1. The molecule has 0 radical (unpaired) electrons. The molecular formula is C21H23FN2O3. The van der Waals surface area contributed by atoms with Crippen LogP contribution in [0.25, 0.3) is 0 Å². The molecule has 0 spiro atoms. The van der Waals surface area contributed by atoms with E-state index in [9.17, 15) is 9.50 Å². The molecule has 27 heavy (non-hydrogen) atoms. The monoisotopic (exact) mass is 370 g/mol. The molecule has 5 nitrogen and oxygen atoms in total. The second kappa shape index (κ2) is 6.69. The van der Waals surface area contributed by atoms with Crippen molar-refractivity contribution >= 4 is 5.69 Å². The first kappa shape index (κ1) is 16.8. The van der Waals surface area contributed by atoms with Crippen LogP contribution < -0.4 is 14.4 Å². The Morgan fingerprint density at radius 2 is 1.81 bits per heavy atom. The molecule has 2 aromatic carbocycles. The first-order valence-corrected chi connectivity index (χ1v) is 9.55. The molecule has 0 amide bonds. The van der Waals surface area contributed by atoms with Gasteiger partial charge in [0.15, 0.2) is 11.5 Å². The second-order valence-corrected chi connectivity index (χ2v) is 7.38. The third-order valence-corrected chi connectivity index (χ3v) is 5.89. The summed E-state index contributed by atoms with van der Waals surface area (Å²) in [6, 6.07) is 10.8. The summed E-state index contributed by atoms with van der Waals surface area (Å²) in [6.45, 7) is 4.57. The van der Waals surface area contributed by atoms with Gasteiger partial charge in [0, 0.05) is 32.2 Å². The summed E-state index contributed by atoms with van der Waals surface area (Å²) < 4.78 is 25.1. The molecule has 2 aliphatic heterocycles. The van der Waals surface area contributed by atoms with E-state index in [-0.39, 0.29) is 11.9 Å². The third-order valence-electron chi connectivity index (χ3n) is 5.89. The van der Waals surface area contributed by atoms with Crippen LogP contribution in [0.1, 0.15) is 17.2 Å². The van der Waals surface area contributed by atoms with Crippen molar-refractivity contribution in [2.45, 2.75) is 18.6 Å². The number of halogens is 1. The number of piperazine rings is 1. The second-order valence-electron chi connectivity index (χ2n) is 7.38. The molecule has 1 fully saturated rings. The van der Waals surface area contributed by atoms with Crippen LogP contribution in [0.2, 0.25) is 0 Å². The maximum Gasteiger partial charge on any atom is 0.184 e. The number of hydrogen-bond donors (Lipinski definition) is 1. The van der Waals surface area contributed by atoms with E-state index in [0.717, 1.165) is 54.5 Å². The molecule has 6 heteroatoms. The lowest BCUT2D eigenvalue weighted by Gasteiger charge is -2.40.